The van der Waals surface area contributed by atoms with Gasteiger partial charge in [0.15, 0.2) is 9.84 Å². The molecule has 1 saturated heterocycles. The van der Waals surface area contributed by atoms with E-state index in [9.17, 15) is 13.2 Å². The predicted molar refractivity (Wildman–Crippen MR) is 102 cm³/mol. The lowest BCUT2D eigenvalue weighted by Crippen LogP contribution is -2.42. The van der Waals surface area contributed by atoms with Crippen LogP contribution >= 0.6 is 0 Å². The van der Waals surface area contributed by atoms with E-state index in [1.165, 1.54) is 0 Å². The van der Waals surface area contributed by atoms with Crippen LogP contribution in [0.5, 0.6) is 0 Å². The molecule has 2 aliphatic rings. The molecule has 1 aliphatic heterocycles. The number of nitrogens with one attached hydrogen (secondary N) is 1. The van der Waals surface area contributed by atoms with Crippen molar-refractivity contribution in [1.82, 2.24) is 10.2 Å². The summed E-state index contributed by atoms with van der Waals surface area (Å²) in [4.78, 5) is 14.5. The molecule has 1 heterocycles. The lowest BCUT2D eigenvalue weighted by Gasteiger charge is -2.24. The fraction of sp³-hybridized carbons (Fsp3) is 0.350. The first-order valence-electron chi connectivity index (χ1n) is 8.83. The highest BCUT2D eigenvalue weighted by Crippen LogP contribution is 2.42. The van der Waals surface area contributed by atoms with Crippen molar-refractivity contribution in [3.63, 3.8) is 0 Å². The van der Waals surface area contributed by atoms with E-state index in [0.29, 0.717) is 6.42 Å². The van der Waals surface area contributed by atoms with E-state index in [1.54, 1.807) is 0 Å². The third-order valence-corrected chi connectivity index (χ3v) is 7.11. The summed E-state index contributed by atoms with van der Waals surface area (Å²) in [5.74, 6) is 0.270. The number of hydrogen-bond acceptors (Lipinski definition) is 4. The van der Waals surface area contributed by atoms with Gasteiger partial charge in [-0.15, -0.1) is 0 Å². The Balaban J connectivity index is 1.50. The van der Waals surface area contributed by atoms with Crippen LogP contribution in [0.1, 0.15) is 23.6 Å². The highest BCUT2D eigenvalue weighted by molar-refractivity contribution is 7.91. The number of carbonyl (C=O) groups is 1. The summed E-state index contributed by atoms with van der Waals surface area (Å²) < 4.78 is 23.3. The highest BCUT2D eigenvalue weighted by atomic mass is 32.2. The average Bonchev–Trinajstić information content (AvgIpc) is 3.14. The van der Waals surface area contributed by atoms with Crippen LogP contribution in [0.15, 0.2) is 48.5 Å². The van der Waals surface area contributed by atoms with Crippen LogP contribution in [0.4, 0.5) is 0 Å². The number of likely N-dealkylation sites (N-methyl/N-ethyl adjacent to an activating group) is 1. The molecule has 1 unspecified atom stereocenters. The van der Waals surface area contributed by atoms with Gasteiger partial charge in [-0.05, 0) is 35.7 Å². The molecule has 5 nitrogen and oxygen atoms in total. The first-order valence-corrected chi connectivity index (χ1v) is 10.6. The Hall–Kier alpha value is -2.18. The standard InChI is InChI=1S/C20H22N2O3S/c1-22(14-10-11-26(24,25)13-14)12-19(23)21-20-17-8-4-2-6-15(17)16-7-3-5-9-18(16)20/h2-9,14,20H,10-13H2,1H3,(H,21,23). The van der Waals surface area contributed by atoms with E-state index in [-0.39, 0.29) is 36.0 Å². The molecule has 6 heteroatoms. The smallest absolute Gasteiger partial charge is 0.234 e. The minimum Gasteiger partial charge on any atom is -0.344 e. The Morgan fingerprint density at radius 2 is 1.65 bits per heavy atom. The Morgan fingerprint density at radius 3 is 2.19 bits per heavy atom. The molecule has 0 aromatic heterocycles. The second-order valence-corrected chi connectivity index (χ2v) is 9.38. The highest BCUT2D eigenvalue weighted by Gasteiger charge is 2.33. The van der Waals surface area contributed by atoms with Gasteiger partial charge in [0.1, 0.15) is 0 Å². The maximum atomic E-state index is 12.6. The Kier molecular flexibility index (Phi) is 4.32. The van der Waals surface area contributed by atoms with Crippen LogP contribution in [0.2, 0.25) is 0 Å². The SMILES string of the molecule is CN(CC(=O)NC1c2ccccc2-c2ccccc21)C1CCS(=O)(=O)C1. The van der Waals surface area contributed by atoms with E-state index < -0.39 is 9.84 Å². The molecular weight excluding hydrogens is 348 g/mol. The van der Waals surface area contributed by atoms with Gasteiger partial charge in [0, 0.05) is 6.04 Å². The Morgan fingerprint density at radius 1 is 1.08 bits per heavy atom. The molecule has 26 heavy (non-hydrogen) atoms. The summed E-state index contributed by atoms with van der Waals surface area (Å²) >= 11 is 0. The normalized spacial score (nSPS) is 20.8. The largest absolute Gasteiger partial charge is 0.344 e. The number of fused-ring (bicyclic) bond motifs is 3. The zero-order valence-corrected chi connectivity index (χ0v) is 15.5. The molecule has 0 bridgehead atoms. The summed E-state index contributed by atoms with van der Waals surface area (Å²) in [5.41, 5.74) is 4.52. The second kappa shape index (κ2) is 6.52. The maximum Gasteiger partial charge on any atom is 0.234 e. The topological polar surface area (TPSA) is 66.5 Å². The van der Waals surface area contributed by atoms with Gasteiger partial charge in [-0.2, -0.15) is 0 Å². The molecule has 0 spiro atoms. The van der Waals surface area contributed by atoms with Crippen LogP contribution in [-0.4, -0.2) is 50.4 Å². The van der Waals surface area contributed by atoms with Crippen LogP contribution in [0, 0.1) is 0 Å². The number of sulfone groups is 1. The van der Waals surface area contributed by atoms with Gasteiger partial charge in [-0.25, -0.2) is 8.42 Å². The van der Waals surface area contributed by atoms with Gasteiger partial charge in [-0.1, -0.05) is 48.5 Å². The molecule has 0 radical (unpaired) electrons. The first kappa shape index (κ1) is 17.2. The number of hydrogen-bond donors (Lipinski definition) is 1. The Labute approximate surface area is 153 Å². The van der Waals surface area contributed by atoms with Crippen LogP contribution in [-0.2, 0) is 14.6 Å². The molecule has 2 aromatic carbocycles. The second-order valence-electron chi connectivity index (χ2n) is 7.15. The summed E-state index contributed by atoms with van der Waals surface area (Å²) in [6.07, 6.45) is 0.598. The molecule has 136 valence electrons. The number of benzene rings is 2. The van der Waals surface area contributed by atoms with Crippen LogP contribution < -0.4 is 5.32 Å². The van der Waals surface area contributed by atoms with Crippen LogP contribution in [0.25, 0.3) is 11.1 Å². The molecule has 1 N–H and O–H groups in total. The van der Waals surface area contributed by atoms with Crippen molar-refractivity contribution in [1.29, 1.82) is 0 Å². The number of carbonyl (C=O) groups excluding carboxylic acids is 1. The monoisotopic (exact) mass is 370 g/mol. The molecule has 1 aliphatic carbocycles. The van der Waals surface area contributed by atoms with E-state index >= 15 is 0 Å². The third-order valence-electron chi connectivity index (χ3n) is 5.36. The van der Waals surface area contributed by atoms with Crippen molar-refractivity contribution in [3.05, 3.63) is 59.7 Å². The molecular formula is C20H22N2O3S. The maximum absolute atomic E-state index is 12.6. The Bertz CT molecular complexity index is 910. The van der Waals surface area contributed by atoms with Gasteiger partial charge in [0.05, 0.1) is 24.1 Å². The van der Waals surface area contributed by atoms with Crippen molar-refractivity contribution in [2.45, 2.75) is 18.5 Å². The van der Waals surface area contributed by atoms with E-state index in [2.05, 4.69) is 17.4 Å². The fourth-order valence-electron chi connectivity index (χ4n) is 4.00. The van der Waals surface area contributed by atoms with Gasteiger partial charge in [0.2, 0.25) is 5.91 Å². The third kappa shape index (κ3) is 3.15. The average molecular weight is 370 g/mol. The summed E-state index contributed by atoms with van der Waals surface area (Å²) in [7, 11) is -1.13. The molecule has 4 rings (SSSR count). The summed E-state index contributed by atoms with van der Waals surface area (Å²) in [5, 5.41) is 3.14. The number of amides is 1. The molecule has 2 aromatic rings. The minimum atomic E-state index is -2.95. The van der Waals surface area contributed by atoms with Crippen molar-refractivity contribution in [3.8, 4) is 11.1 Å². The molecule has 1 atom stereocenters. The fourth-order valence-corrected chi connectivity index (χ4v) is 5.80. The van der Waals surface area contributed by atoms with Gasteiger partial charge < -0.3 is 5.32 Å². The zero-order chi connectivity index (χ0) is 18.3. The lowest BCUT2D eigenvalue weighted by atomic mass is 10.1. The summed E-state index contributed by atoms with van der Waals surface area (Å²) in [6.45, 7) is 0.195. The molecule has 1 amide bonds. The van der Waals surface area contributed by atoms with E-state index in [1.807, 2.05) is 48.3 Å². The molecule has 1 fully saturated rings. The number of nitrogens with zero attached hydrogens (tertiary/aromatic N) is 1. The van der Waals surface area contributed by atoms with Gasteiger partial charge >= 0.3 is 0 Å². The van der Waals surface area contributed by atoms with E-state index in [4.69, 9.17) is 0 Å². The quantitative estimate of drug-likeness (QED) is 0.894. The zero-order valence-electron chi connectivity index (χ0n) is 14.7. The van der Waals surface area contributed by atoms with Crippen molar-refractivity contribution in [2.75, 3.05) is 25.1 Å². The van der Waals surface area contributed by atoms with Crippen molar-refractivity contribution >= 4 is 15.7 Å². The van der Waals surface area contributed by atoms with Gasteiger partial charge in [0.25, 0.3) is 0 Å². The minimum absolute atomic E-state index is 0.0751. The molecule has 0 saturated carbocycles. The summed E-state index contributed by atoms with van der Waals surface area (Å²) in [6, 6.07) is 16.0. The van der Waals surface area contributed by atoms with Crippen LogP contribution in [0.3, 0.4) is 0 Å². The number of rotatable bonds is 4. The van der Waals surface area contributed by atoms with E-state index in [0.717, 1.165) is 22.3 Å². The van der Waals surface area contributed by atoms with Crippen molar-refractivity contribution in [2.24, 2.45) is 0 Å². The predicted octanol–water partition coefficient (Wildman–Crippen LogP) is 1.99. The van der Waals surface area contributed by atoms with Gasteiger partial charge in [-0.3, -0.25) is 9.69 Å². The van der Waals surface area contributed by atoms with Crippen molar-refractivity contribution < 1.29 is 13.2 Å². The lowest BCUT2D eigenvalue weighted by molar-refractivity contribution is -0.122. The first-order chi connectivity index (χ1) is 12.4.